The van der Waals surface area contributed by atoms with E-state index in [2.05, 4.69) is 0 Å². The van der Waals surface area contributed by atoms with Gasteiger partial charge >= 0.3 is 5.97 Å². The predicted molar refractivity (Wildman–Crippen MR) is 47.4 cm³/mol. The van der Waals surface area contributed by atoms with Crippen LogP contribution >= 0.6 is 0 Å². The largest absolute Gasteiger partial charge is 0.508 e. The van der Waals surface area contributed by atoms with Crippen LogP contribution in [-0.2, 0) is 11.2 Å². The fraction of sp³-hybridized carbons (Fsp3) is 0.222. The number of carbonyl (C=O) groups is 1. The maximum atomic E-state index is 10.6. The van der Waals surface area contributed by atoms with Gasteiger partial charge in [0, 0.05) is 0 Å². The Balaban J connectivity index is 2.67. The van der Waals surface area contributed by atoms with Crippen LogP contribution in [0.4, 0.5) is 0 Å². The maximum Gasteiger partial charge on any atom is 0.320 e. The number of phenolic OH excluding ortho intramolecular Hbond substituents is 1. The first kappa shape index (κ1) is 8.07. The second-order valence-corrected chi connectivity index (χ2v) is 2.76. The molecule has 0 fully saturated rings. The van der Waals surface area contributed by atoms with Crippen molar-refractivity contribution in [2.24, 2.45) is 5.73 Å². The number of aromatic hydroxyl groups is 1. The number of nitrogens with two attached hydrogens (primary N) is 1. The molecule has 1 unspecified atom stereocenters. The molecule has 4 nitrogen and oxygen atoms in total. The highest BCUT2D eigenvalue weighted by molar-refractivity contribution is 5.73. The number of benzene rings is 1. The molecule has 1 aromatic carbocycles. The molecule has 1 atom stereocenters. The lowest BCUT2D eigenvalue weighted by Crippen LogP contribution is -2.32. The Morgan fingerprint density at radius 2 is 2.15 bits per heavy atom. The molecular weight excluding hydrogens is 170 g/mol. The number of aliphatic carboxylic acids is 1. The van der Waals surface area contributed by atoms with Gasteiger partial charge in [-0.15, -0.1) is 0 Å². The summed E-state index contributed by atoms with van der Waals surface area (Å²) in [6.07, 6.45) is 0.221. The molecule has 0 saturated heterocycles. The highest BCUT2D eigenvalue weighted by atomic mass is 16.4. The van der Waals surface area contributed by atoms with Crippen molar-refractivity contribution in [2.45, 2.75) is 12.5 Å². The van der Waals surface area contributed by atoms with Crippen LogP contribution in [0.15, 0.2) is 24.3 Å². The molecule has 4 N–H and O–H groups in total. The monoisotopic (exact) mass is 182 g/mol. The first-order chi connectivity index (χ1) is 6.63. The number of carboxylic acids is 1. The molecule has 70 valence electrons. The average molecular weight is 182 g/mol. The van der Waals surface area contributed by atoms with Crippen molar-refractivity contribution in [3.05, 3.63) is 29.8 Å². The van der Waals surface area contributed by atoms with E-state index in [9.17, 15) is 4.79 Å². The predicted octanol–water partition coefficient (Wildman–Crippen LogP) is 0.347. The van der Waals surface area contributed by atoms with Crippen molar-refractivity contribution in [1.82, 2.24) is 0 Å². The molecule has 0 amide bonds. The van der Waals surface area contributed by atoms with Gasteiger partial charge in [0.25, 0.3) is 0 Å². The topological polar surface area (TPSA) is 83.5 Å². The summed E-state index contributed by atoms with van der Waals surface area (Å²) in [7, 11) is 0. The Hall–Kier alpha value is -1.55. The van der Waals surface area contributed by atoms with Crippen molar-refractivity contribution < 1.29 is 16.4 Å². The van der Waals surface area contributed by atoms with Crippen LogP contribution < -0.4 is 5.73 Å². The molecule has 0 aliphatic rings. The fourth-order valence-electron chi connectivity index (χ4n) is 0.955. The molecule has 1 rings (SSSR count). The third-order valence-electron chi connectivity index (χ3n) is 1.67. The van der Waals surface area contributed by atoms with Gasteiger partial charge in [0.2, 0.25) is 0 Å². The van der Waals surface area contributed by atoms with E-state index in [-0.39, 0.29) is 12.2 Å². The molecule has 0 bridgehead atoms. The van der Waals surface area contributed by atoms with Crippen LogP contribution in [0.3, 0.4) is 0 Å². The molecule has 0 aliphatic heterocycles. The van der Waals surface area contributed by atoms with Gasteiger partial charge in [-0.25, -0.2) is 0 Å². The van der Waals surface area contributed by atoms with Crippen LogP contribution in [0.2, 0.25) is 1.41 Å². The Labute approximate surface area is 77.1 Å². The Kier molecular flexibility index (Phi) is 2.43. The van der Waals surface area contributed by atoms with Gasteiger partial charge < -0.3 is 15.9 Å². The van der Waals surface area contributed by atoms with Crippen LogP contribution in [0.25, 0.3) is 0 Å². The van der Waals surface area contributed by atoms with Gasteiger partial charge in [0.15, 0.2) is 0 Å². The normalized spacial score (nSPS) is 13.4. The standard InChI is InChI=1S/C9H11NO3/c10-8(9(12)13)5-6-1-3-7(11)4-2-6/h1-4,8,11H,5,10H2,(H,12,13)/i/hD. The highest BCUT2D eigenvalue weighted by Crippen LogP contribution is 2.10. The minimum Gasteiger partial charge on any atom is -0.508 e. The van der Waals surface area contributed by atoms with Gasteiger partial charge in [-0.2, -0.15) is 0 Å². The quantitative estimate of drug-likeness (QED) is 0.627. The highest BCUT2D eigenvalue weighted by Gasteiger charge is 2.11. The second-order valence-electron chi connectivity index (χ2n) is 2.76. The summed E-state index contributed by atoms with van der Waals surface area (Å²) in [6, 6.07) is 5.31. The van der Waals surface area contributed by atoms with E-state index in [4.69, 9.17) is 11.6 Å². The van der Waals surface area contributed by atoms with Crippen molar-refractivity contribution in [1.29, 1.82) is 0 Å². The Bertz CT molecular complexity index is 312. The number of carboxylic acid groups (broad SMARTS) is 1. The summed E-state index contributed by atoms with van der Waals surface area (Å²) in [5.74, 6) is -0.924. The van der Waals surface area contributed by atoms with Crippen LogP contribution in [-0.4, -0.2) is 22.2 Å². The zero-order valence-electron chi connectivity index (χ0n) is 7.90. The van der Waals surface area contributed by atoms with Gasteiger partial charge in [-0.1, -0.05) is 12.1 Å². The average Bonchev–Trinajstić information content (AvgIpc) is 2.16. The summed E-state index contributed by atoms with van der Waals surface area (Å²) in [6.45, 7) is 0. The number of hydrogen-bond acceptors (Lipinski definition) is 3. The van der Waals surface area contributed by atoms with Gasteiger partial charge in [0.05, 0.1) is 0 Å². The summed E-state index contributed by atoms with van der Waals surface area (Å²) in [4.78, 5) is 10.6. The second kappa shape index (κ2) is 3.91. The van der Waals surface area contributed by atoms with E-state index in [0.29, 0.717) is 0 Å². The molecule has 0 saturated carbocycles. The lowest BCUT2D eigenvalue weighted by Gasteiger charge is -2.05. The number of hydrogen-bond donors (Lipinski definition) is 3. The molecular formula is C9H11NO3. The zero-order chi connectivity index (χ0) is 10.6. The zero-order valence-corrected chi connectivity index (χ0v) is 6.90. The SMILES string of the molecule is [2H]NC(Cc1ccc(O)cc1)C(=O)O. The molecule has 0 spiro atoms. The van der Waals surface area contributed by atoms with Crippen molar-refractivity contribution in [2.75, 3.05) is 0 Å². The Morgan fingerprint density at radius 3 is 2.62 bits per heavy atom. The van der Waals surface area contributed by atoms with E-state index in [0.717, 1.165) is 5.56 Å². The lowest BCUT2D eigenvalue weighted by molar-refractivity contribution is -0.138. The maximum absolute atomic E-state index is 10.6. The molecule has 0 aliphatic carbocycles. The third kappa shape index (κ3) is 2.76. The van der Waals surface area contributed by atoms with Crippen molar-refractivity contribution in [3.63, 3.8) is 0 Å². The van der Waals surface area contributed by atoms with Crippen LogP contribution in [0, 0.1) is 0 Å². The smallest absolute Gasteiger partial charge is 0.320 e. The fourth-order valence-corrected chi connectivity index (χ4v) is 0.955. The van der Waals surface area contributed by atoms with Crippen molar-refractivity contribution >= 4 is 5.97 Å². The molecule has 13 heavy (non-hydrogen) atoms. The summed E-state index contributed by atoms with van der Waals surface area (Å²) >= 11 is 0. The number of phenols is 1. The van der Waals surface area contributed by atoms with E-state index in [1.807, 2.05) is 5.73 Å². The molecule has 0 radical (unpaired) electrons. The van der Waals surface area contributed by atoms with Gasteiger partial charge in [0.1, 0.15) is 13.2 Å². The summed E-state index contributed by atoms with van der Waals surface area (Å²) in [5, 5.41) is 17.6. The molecule has 4 heteroatoms. The van der Waals surface area contributed by atoms with Crippen LogP contribution in [0.5, 0.6) is 5.75 Å². The number of rotatable bonds is 4. The lowest BCUT2D eigenvalue weighted by atomic mass is 10.1. The van der Waals surface area contributed by atoms with E-state index >= 15 is 0 Å². The van der Waals surface area contributed by atoms with E-state index in [1.54, 1.807) is 12.1 Å². The van der Waals surface area contributed by atoms with E-state index < -0.39 is 12.0 Å². The third-order valence-corrected chi connectivity index (χ3v) is 1.67. The summed E-state index contributed by atoms with van der Waals surface area (Å²) in [5.41, 5.74) is 2.71. The van der Waals surface area contributed by atoms with Gasteiger partial charge in [-0.3, -0.25) is 4.79 Å². The van der Waals surface area contributed by atoms with Crippen LogP contribution in [0.1, 0.15) is 5.56 Å². The first-order valence-electron chi connectivity index (χ1n) is 4.31. The minimum atomic E-state index is -1.06. The van der Waals surface area contributed by atoms with Crippen molar-refractivity contribution in [3.8, 4) is 5.75 Å². The first-order valence-corrected chi connectivity index (χ1v) is 3.81. The summed E-state index contributed by atoms with van der Waals surface area (Å²) < 4.78 is 6.80. The molecule has 0 heterocycles. The molecule has 1 aromatic rings. The Morgan fingerprint density at radius 1 is 1.54 bits per heavy atom. The minimum absolute atomic E-state index is 0.138. The van der Waals surface area contributed by atoms with Gasteiger partial charge in [-0.05, 0) is 24.1 Å². The molecule has 0 aromatic heterocycles. The van der Waals surface area contributed by atoms with E-state index in [1.165, 1.54) is 12.1 Å².